The Kier molecular flexibility index (Phi) is 5.69. The maximum absolute atomic E-state index is 13.0. The van der Waals surface area contributed by atoms with Crippen molar-refractivity contribution in [2.75, 3.05) is 18.0 Å². The van der Waals surface area contributed by atoms with Gasteiger partial charge in [0.05, 0.1) is 20.9 Å². The summed E-state index contributed by atoms with van der Waals surface area (Å²) in [5.41, 5.74) is 4.56. The minimum absolute atomic E-state index is 0.242. The largest absolute Gasteiger partial charge is 0.348 e. The monoisotopic (exact) mass is 446 g/mol. The number of aryl methyl sites for hydroxylation is 2. The van der Waals surface area contributed by atoms with Crippen LogP contribution in [0.2, 0.25) is 5.02 Å². The van der Waals surface area contributed by atoms with Crippen LogP contribution in [0.5, 0.6) is 0 Å². The molecule has 0 aliphatic carbocycles. The molecule has 1 fully saturated rings. The van der Waals surface area contributed by atoms with Crippen molar-refractivity contribution in [2.45, 2.75) is 36.8 Å². The minimum Gasteiger partial charge on any atom is -0.348 e. The van der Waals surface area contributed by atoms with Crippen molar-refractivity contribution < 1.29 is 8.42 Å². The van der Waals surface area contributed by atoms with E-state index in [1.807, 2.05) is 0 Å². The summed E-state index contributed by atoms with van der Waals surface area (Å²) in [6.07, 6.45) is 1.15. The number of sulfone groups is 1. The predicted octanol–water partition coefficient (Wildman–Crippen LogP) is 5.52. The van der Waals surface area contributed by atoms with Crippen LogP contribution in [0.1, 0.15) is 24.0 Å². The molecule has 0 amide bonds. The first-order chi connectivity index (χ1) is 13.9. The number of hydrogen-bond donors (Lipinski definition) is 0. The summed E-state index contributed by atoms with van der Waals surface area (Å²) in [7, 11) is -3.42. The van der Waals surface area contributed by atoms with Crippen LogP contribution in [-0.2, 0) is 9.84 Å². The van der Waals surface area contributed by atoms with Crippen molar-refractivity contribution >= 4 is 37.9 Å². The molecule has 0 spiro atoms. The Morgan fingerprint density at radius 1 is 1.10 bits per heavy atom. The number of rotatable bonds is 4. The predicted molar refractivity (Wildman–Crippen MR) is 121 cm³/mol. The number of halogens is 1. The molecule has 0 bridgehead atoms. The molecule has 3 aromatic rings. The highest BCUT2D eigenvalue weighted by molar-refractivity contribution is 7.92. The van der Waals surface area contributed by atoms with E-state index in [-0.39, 0.29) is 4.90 Å². The van der Waals surface area contributed by atoms with Gasteiger partial charge in [-0.15, -0.1) is 11.3 Å². The minimum atomic E-state index is -3.42. The van der Waals surface area contributed by atoms with Gasteiger partial charge in [0.25, 0.3) is 0 Å². The Bertz CT molecular complexity index is 1130. The normalized spacial score (nSPS) is 15.6. The van der Waals surface area contributed by atoms with Crippen LogP contribution in [0.3, 0.4) is 0 Å². The molecule has 1 saturated heterocycles. The quantitative estimate of drug-likeness (QED) is 0.529. The summed E-state index contributed by atoms with van der Waals surface area (Å²) in [6.45, 7) is 5.53. The van der Waals surface area contributed by atoms with Crippen LogP contribution in [0.4, 0.5) is 5.13 Å². The van der Waals surface area contributed by atoms with E-state index in [1.165, 1.54) is 11.1 Å². The second-order valence-corrected chi connectivity index (χ2v) is 10.9. The van der Waals surface area contributed by atoms with Gasteiger partial charge in [-0.1, -0.05) is 41.4 Å². The zero-order valence-electron chi connectivity index (χ0n) is 16.4. The Labute approximate surface area is 181 Å². The lowest BCUT2D eigenvalue weighted by molar-refractivity contribution is 0.529. The van der Waals surface area contributed by atoms with Gasteiger partial charge in [0.1, 0.15) is 0 Å². The maximum atomic E-state index is 13.0. The molecule has 4 nitrogen and oxygen atoms in total. The molecule has 2 heterocycles. The van der Waals surface area contributed by atoms with E-state index >= 15 is 0 Å². The fourth-order valence-corrected chi connectivity index (χ4v) is 6.89. The summed E-state index contributed by atoms with van der Waals surface area (Å²) in [5, 5.41) is 2.93. The van der Waals surface area contributed by atoms with E-state index in [0.717, 1.165) is 16.4 Å². The van der Waals surface area contributed by atoms with Crippen LogP contribution in [0.25, 0.3) is 11.3 Å². The zero-order chi connectivity index (χ0) is 20.6. The molecule has 0 saturated carbocycles. The fraction of sp³-hybridized carbons (Fsp3) is 0.318. The topological polar surface area (TPSA) is 50.3 Å². The summed E-state index contributed by atoms with van der Waals surface area (Å²) >= 11 is 7.76. The van der Waals surface area contributed by atoms with Crippen LogP contribution < -0.4 is 4.90 Å². The highest BCUT2D eigenvalue weighted by Crippen LogP contribution is 2.34. The van der Waals surface area contributed by atoms with Crippen molar-refractivity contribution in [3.8, 4) is 11.3 Å². The van der Waals surface area contributed by atoms with Crippen molar-refractivity contribution in [1.29, 1.82) is 0 Å². The number of benzene rings is 2. The highest BCUT2D eigenvalue weighted by atomic mass is 35.5. The first kappa shape index (κ1) is 20.4. The fourth-order valence-electron chi connectivity index (χ4n) is 3.76. The number of piperidine rings is 1. The molecule has 7 heteroatoms. The van der Waals surface area contributed by atoms with E-state index < -0.39 is 15.1 Å². The molecule has 152 valence electrons. The van der Waals surface area contributed by atoms with Gasteiger partial charge in [-0.2, -0.15) is 0 Å². The van der Waals surface area contributed by atoms with Gasteiger partial charge in [-0.25, -0.2) is 13.4 Å². The third kappa shape index (κ3) is 4.06. The molecular formula is C22H23ClN2O2S2. The molecule has 0 radical (unpaired) electrons. The highest BCUT2D eigenvalue weighted by Gasteiger charge is 2.33. The third-order valence-corrected chi connectivity index (χ3v) is 9.12. The summed E-state index contributed by atoms with van der Waals surface area (Å²) < 4.78 is 26.0. The molecule has 1 aromatic heterocycles. The Balaban J connectivity index is 1.49. The summed E-state index contributed by atoms with van der Waals surface area (Å²) in [4.78, 5) is 7.27. The van der Waals surface area contributed by atoms with E-state index in [1.54, 1.807) is 35.6 Å². The van der Waals surface area contributed by atoms with Crippen molar-refractivity contribution in [2.24, 2.45) is 0 Å². The molecule has 1 aliphatic heterocycles. The van der Waals surface area contributed by atoms with Crippen LogP contribution in [0.15, 0.2) is 52.7 Å². The lowest BCUT2D eigenvalue weighted by atomic mass is 10.0. The summed E-state index contributed by atoms with van der Waals surface area (Å²) in [5.74, 6) is 0. The van der Waals surface area contributed by atoms with Crippen LogP contribution in [-0.4, -0.2) is 31.7 Å². The van der Waals surface area contributed by atoms with Gasteiger partial charge in [0.2, 0.25) is 0 Å². The standard InChI is InChI=1S/C22H23ClN2O2S2/c1-15-7-8-16(2)18(13-15)20-14-28-22(24-20)25-11-9-17(10-12-25)29(26,27)21-6-4-3-5-19(21)23/h3-8,13-14,17H,9-12H2,1-2H3. The van der Waals surface area contributed by atoms with Crippen molar-refractivity contribution in [3.63, 3.8) is 0 Å². The second-order valence-electron chi connectivity index (χ2n) is 7.50. The van der Waals surface area contributed by atoms with E-state index in [2.05, 4.69) is 42.3 Å². The lowest BCUT2D eigenvalue weighted by Crippen LogP contribution is -2.39. The maximum Gasteiger partial charge on any atom is 0.185 e. The first-order valence-electron chi connectivity index (χ1n) is 9.63. The van der Waals surface area contributed by atoms with Crippen LogP contribution in [0, 0.1) is 13.8 Å². The number of thiazole rings is 1. The average molecular weight is 447 g/mol. The Morgan fingerprint density at radius 3 is 2.55 bits per heavy atom. The number of aromatic nitrogens is 1. The molecule has 1 aliphatic rings. The molecular weight excluding hydrogens is 424 g/mol. The first-order valence-corrected chi connectivity index (χ1v) is 12.4. The van der Waals surface area contributed by atoms with Gasteiger partial charge >= 0.3 is 0 Å². The van der Waals surface area contributed by atoms with E-state index in [0.29, 0.717) is 31.0 Å². The second kappa shape index (κ2) is 8.09. The van der Waals surface area contributed by atoms with Crippen molar-refractivity contribution in [3.05, 3.63) is 64.0 Å². The zero-order valence-corrected chi connectivity index (χ0v) is 18.8. The number of anilines is 1. The smallest absolute Gasteiger partial charge is 0.185 e. The molecule has 2 aromatic carbocycles. The molecule has 0 atom stereocenters. The SMILES string of the molecule is Cc1ccc(C)c(-c2csc(N3CCC(S(=O)(=O)c4ccccc4Cl)CC3)n2)c1. The molecule has 0 unspecified atom stereocenters. The van der Waals surface area contributed by atoms with Gasteiger partial charge in [-0.3, -0.25) is 0 Å². The Hall–Kier alpha value is -1.89. The van der Waals surface area contributed by atoms with Crippen molar-refractivity contribution in [1.82, 2.24) is 4.98 Å². The van der Waals surface area contributed by atoms with E-state index in [9.17, 15) is 8.42 Å². The van der Waals surface area contributed by atoms with Gasteiger partial charge < -0.3 is 4.90 Å². The van der Waals surface area contributed by atoms with Gasteiger partial charge in [-0.05, 0) is 50.5 Å². The van der Waals surface area contributed by atoms with Gasteiger partial charge in [0.15, 0.2) is 15.0 Å². The van der Waals surface area contributed by atoms with E-state index in [4.69, 9.17) is 16.6 Å². The molecule has 0 N–H and O–H groups in total. The molecule has 29 heavy (non-hydrogen) atoms. The van der Waals surface area contributed by atoms with Crippen LogP contribution >= 0.6 is 22.9 Å². The Morgan fingerprint density at radius 2 is 1.83 bits per heavy atom. The summed E-state index contributed by atoms with van der Waals surface area (Å²) in [6, 6.07) is 13.1. The number of hydrogen-bond acceptors (Lipinski definition) is 5. The third-order valence-electron chi connectivity index (χ3n) is 5.46. The lowest BCUT2D eigenvalue weighted by Gasteiger charge is -2.31. The average Bonchev–Trinajstić information content (AvgIpc) is 3.20. The van der Waals surface area contributed by atoms with Gasteiger partial charge in [0, 0.05) is 24.0 Å². The number of nitrogens with zero attached hydrogens (tertiary/aromatic N) is 2. The molecule has 4 rings (SSSR count).